The molecule has 0 aliphatic heterocycles. The lowest BCUT2D eigenvalue weighted by Crippen LogP contribution is -2.01. The van der Waals surface area contributed by atoms with Gasteiger partial charge in [0.05, 0.1) is 7.11 Å². The number of allylic oxidation sites excluding steroid dienone is 1. The van der Waals surface area contributed by atoms with Crippen LogP contribution in [-0.2, 0) is 0 Å². The van der Waals surface area contributed by atoms with Gasteiger partial charge in [-0.05, 0) is 23.8 Å². The van der Waals surface area contributed by atoms with E-state index in [2.05, 4.69) is 6.58 Å². The molecule has 4 nitrogen and oxygen atoms in total. The molecule has 24 heavy (non-hydrogen) atoms. The van der Waals surface area contributed by atoms with Gasteiger partial charge >= 0.3 is 0 Å². The van der Waals surface area contributed by atoms with E-state index < -0.39 is 0 Å². The summed E-state index contributed by atoms with van der Waals surface area (Å²) >= 11 is 0. The van der Waals surface area contributed by atoms with Crippen LogP contribution in [0.3, 0.4) is 0 Å². The second-order valence-electron chi connectivity index (χ2n) is 4.87. The molecular formula is C20H17NO3. The van der Waals surface area contributed by atoms with E-state index in [1.165, 1.54) is 13.2 Å². The van der Waals surface area contributed by atoms with Gasteiger partial charge in [0.2, 0.25) is 5.78 Å². The van der Waals surface area contributed by atoms with Crippen molar-refractivity contribution >= 4 is 11.9 Å². The highest BCUT2D eigenvalue weighted by atomic mass is 16.5. The van der Waals surface area contributed by atoms with Crippen molar-refractivity contribution in [2.45, 2.75) is 0 Å². The number of ether oxygens (including phenoxy) is 2. The van der Waals surface area contributed by atoms with Crippen molar-refractivity contribution in [3.05, 3.63) is 77.9 Å². The SMILES string of the molecule is C=CCOc1ccc(/C=C(\C#N)C(=O)c2ccccc2)cc1OC. The zero-order chi connectivity index (χ0) is 17.4. The van der Waals surface area contributed by atoms with Gasteiger partial charge < -0.3 is 9.47 Å². The molecule has 2 aromatic carbocycles. The first-order valence-corrected chi connectivity index (χ1v) is 7.33. The Bertz CT molecular complexity index is 801. The molecule has 0 spiro atoms. The van der Waals surface area contributed by atoms with E-state index in [1.54, 1.807) is 48.5 Å². The molecule has 0 saturated heterocycles. The number of hydrogen-bond acceptors (Lipinski definition) is 4. The maximum atomic E-state index is 12.4. The van der Waals surface area contributed by atoms with Crippen LogP contribution >= 0.6 is 0 Å². The number of rotatable bonds is 7. The Balaban J connectivity index is 2.32. The summed E-state index contributed by atoms with van der Waals surface area (Å²) in [6.45, 7) is 3.96. The smallest absolute Gasteiger partial charge is 0.203 e. The number of nitrogens with zero attached hydrogens (tertiary/aromatic N) is 1. The van der Waals surface area contributed by atoms with Crippen LogP contribution in [0.2, 0.25) is 0 Å². The third-order valence-electron chi connectivity index (χ3n) is 3.26. The summed E-state index contributed by atoms with van der Waals surface area (Å²) in [6, 6.07) is 15.9. The number of carbonyl (C=O) groups excluding carboxylic acids is 1. The number of methoxy groups -OCH3 is 1. The van der Waals surface area contributed by atoms with E-state index in [-0.39, 0.29) is 11.4 Å². The van der Waals surface area contributed by atoms with Crippen molar-refractivity contribution in [1.82, 2.24) is 0 Å². The van der Waals surface area contributed by atoms with Gasteiger partial charge in [-0.3, -0.25) is 4.79 Å². The van der Waals surface area contributed by atoms with Gasteiger partial charge in [-0.15, -0.1) is 0 Å². The molecule has 0 unspecified atom stereocenters. The fraction of sp³-hybridized carbons (Fsp3) is 0.100. The Morgan fingerprint density at radius 2 is 1.96 bits per heavy atom. The third-order valence-corrected chi connectivity index (χ3v) is 3.26. The Labute approximate surface area is 141 Å². The monoisotopic (exact) mass is 319 g/mol. The fourth-order valence-corrected chi connectivity index (χ4v) is 2.10. The maximum Gasteiger partial charge on any atom is 0.203 e. The van der Waals surface area contributed by atoms with E-state index in [4.69, 9.17) is 9.47 Å². The number of ketones is 1. The van der Waals surface area contributed by atoms with Crippen LogP contribution in [0.1, 0.15) is 15.9 Å². The second kappa shape index (κ2) is 8.35. The molecule has 0 aromatic heterocycles. The third kappa shape index (κ3) is 4.11. The first kappa shape index (κ1) is 17.0. The summed E-state index contributed by atoms with van der Waals surface area (Å²) in [5.74, 6) is 0.779. The van der Waals surface area contributed by atoms with Crippen molar-refractivity contribution in [2.24, 2.45) is 0 Å². The molecule has 0 saturated carbocycles. The largest absolute Gasteiger partial charge is 0.493 e. The normalized spacial score (nSPS) is 10.6. The lowest BCUT2D eigenvalue weighted by Gasteiger charge is -2.10. The molecule has 0 fully saturated rings. The molecule has 2 aromatic rings. The number of benzene rings is 2. The quantitative estimate of drug-likeness (QED) is 0.334. The van der Waals surface area contributed by atoms with Gasteiger partial charge in [-0.2, -0.15) is 5.26 Å². The lowest BCUT2D eigenvalue weighted by molar-refractivity contribution is 0.104. The molecule has 120 valence electrons. The van der Waals surface area contributed by atoms with Crippen LogP contribution < -0.4 is 9.47 Å². The predicted octanol–water partition coefficient (Wildman–Crippen LogP) is 4.05. The standard InChI is InChI=1S/C20H17NO3/c1-3-11-24-18-10-9-15(13-19(18)23-2)12-17(14-21)20(22)16-7-5-4-6-8-16/h3-10,12-13H,1,11H2,2H3/b17-12+. The highest BCUT2D eigenvalue weighted by Gasteiger charge is 2.12. The minimum atomic E-state index is -0.316. The van der Waals surface area contributed by atoms with E-state index in [0.29, 0.717) is 29.2 Å². The second-order valence-corrected chi connectivity index (χ2v) is 4.87. The molecule has 0 N–H and O–H groups in total. The summed E-state index contributed by atoms with van der Waals surface area (Å²) in [5, 5.41) is 9.31. The van der Waals surface area contributed by atoms with Crippen molar-refractivity contribution in [3.63, 3.8) is 0 Å². The zero-order valence-electron chi connectivity index (χ0n) is 13.4. The number of Topliss-reactive ketones (excluding diaryl/α,β-unsaturated/α-hetero) is 1. The van der Waals surface area contributed by atoms with Crippen molar-refractivity contribution in [3.8, 4) is 17.6 Å². The summed E-state index contributed by atoms with van der Waals surface area (Å²) in [6.07, 6.45) is 3.18. The summed E-state index contributed by atoms with van der Waals surface area (Å²) in [7, 11) is 1.53. The van der Waals surface area contributed by atoms with E-state index in [0.717, 1.165) is 0 Å². The Morgan fingerprint density at radius 3 is 2.58 bits per heavy atom. The summed E-state index contributed by atoms with van der Waals surface area (Å²) in [5.41, 5.74) is 1.21. The van der Waals surface area contributed by atoms with Crippen LogP contribution in [0.4, 0.5) is 0 Å². The Hall–Kier alpha value is -3.32. The molecule has 0 radical (unpaired) electrons. The number of hydrogen-bond donors (Lipinski definition) is 0. The highest BCUT2D eigenvalue weighted by Crippen LogP contribution is 2.29. The maximum absolute atomic E-state index is 12.4. The molecule has 0 bridgehead atoms. The van der Waals surface area contributed by atoms with Crippen molar-refractivity contribution < 1.29 is 14.3 Å². The van der Waals surface area contributed by atoms with Gasteiger partial charge in [0.1, 0.15) is 18.2 Å². The lowest BCUT2D eigenvalue weighted by atomic mass is 10.0. The topological polar surface area (TPSA) is 59.3 Å². The summed E-state index contributed by atoms with van der Waals surface area (Å²) in [4.78, 5) is 12.4. The van der Waals surface area contributed by atoms with Gasteiger partial charge in [0, 0.05) is 5.56 Å². The predicted molar refractivity (Wildman–Crippen MR) is 93.0 cm³/mol. The average Bonchev–Trinajstić information content (AvgIpc) is 2.64. The van der Waals surface area contributed by atoms with Crippen LogP contribution in [0, 0.1) is 11.3 Å². The van der Waals surface area contributed by atoms with Crippen LogP contribution in [0.25, 0.3) is 6.08 Å². The minimum absolute atomic E-state index is 0.0583. The first-order chi connectivity index (χ1) is 11.7. The van der Waals surface area contributed by atoms with Crippen LogP contribution in [-0.4, -0.2) is 19.5 Å². The van der Waals surface area contributed by atoms with E-state index in [1.807, 2.05) is 12.1 Å². The minimum Gasteiger partial charge on any atom is -0.493 e. The number of nitriles is 1. The van der Waals surface area contributed by atoms with Gasteiger partial charge in [-0.1, -0.05) is 49.1 Å². The molecule has 2 rings (SSSR count). The van der Waals surface area contributed by atoms with Crippen LogP contribution in [0.5, 0.6) is 11.5 Å². The van der Waals surface area contributed by atoms with Gasteiger partial charge in [-0.25, -0.2) is 0 Å². The molecule has 4 heteroatoms. The summed E-state index contributed by atoms with van der Waals surface area (Å²) < 4.78 is 10.8. The fourth-order valence-electron chi connectivity index (χ4n) is 2.10. The first-order valence-electron chi connectivity index (χ1n) is 7.33. The molecule has 0 heterocycles. The molecule has 0 amide bonds. The van der Waals surface area contributed by atoms with E-state index in [9.17, 15) is 10.1 Å². The number of carbonyl (C=O) groups is 1. The van der Waals surface area contributed by atoms with Crippen molar-refractivity contribution in [1.29, 1.82) is 5.26 Å². The molecule has 0 atom stereocenters. The Morgan fingerprint density at radius 1 is 1.21 bits per heavy atom. The molecular weight excluding hydrogens is 302 g/mol. The zero-order valence-corrected chi connectivity index (χ0v) is 13.4. The van der Waals surface area contributed by atoms with E-state index >= 15 is 0 Å². The molecule has 0 aliphatic rings. The highest BCUT2D eigenvalue weighted by molar-refractivity contribution is 6.14. The van der Waals surface area contributed by atoms with Gasteiger partial charge in [0.15, 0.2) is 11.5 Å². The Kier molecular flexibility index (Phi) is 5.93. The molecule has 0 aliphatic carbocycles. The average molecular weight is 319 g/mol. The van der Waals surface area contributed by atoms with Gasteiger partial charge in [0.25, 0.3) is 0 Å². The van der Waals surface area contributed by atoms with Crippen molar-refractivity contribution in [2.75, 3.05) is 13.7 Å². The van der Waals surface area contributed by atoms with Crippen LogP contribution in [0.15, 0.2) is 66.8 Å².